The summed E-state index contributed by atoms with van der Waals surface area (Å²) in [7, 11) is 0. The van der Waals surface area contributed by atoms with Crippen molar-refractivity contribution in [1.29, 1.82) is 0 Å². The summed E-state index contributed by atoms with van der Waals surface area (Å²) in [5.41, 5.74) is 0. The molecular formula is C17H28N4O2. The fraction of sp³-hybridized carbons (Fsp3) is 0.765. The number of aromatic nitrogens is 2. The summed E-state index contributed by atoms with van der Waals surface area (Å²) in [5, 5.41) is 0. The van der Waals surface area contributed by atoms with Gasteiger partial charge in [-0.3, -0.25) is 9.69 Å². The standard InChI is InChI=1S/C17H28N4O2/c1-2-15-12-21(13-16(15)20-8-10-23-11-9-20)17(22)4-3-6-19-7-5-18-14-19/h5,7,14-16H,2-4,6,8-13H2,1H3/t15-,16-/m0/s1. The zero-order chi connectivity index (χ0) is 16.1. The van der Waals surface area contributed by atoms with E-state index in [1.54, 1.807) is 6.20 Å². The van der Waals surface area contributed by atoms with E-state index < -0.39 is 0 Å². The largest absolute Gasteiger partial charge is 0.379 e. The first-order valence-corrected chi connectivity index (χ1v) is 8.83. The molecular weight excluding hydrogens is 292 g/mol. The van der Waals surface area contributed by atoms with Crippen LogP contribution < -0.4 is 0 Å². The molecule has 0 aliphatic carbocycles. The van der Waals surface area contributed by atoms with Crippen molar-refractivity contribution < 1.29 is 9.53 Å². The third kappa shape index (κ3) is 4.12. The van der Waals surface area contributed by atoms with E-state index in [1.165, 1.54) is 0 Å². The van der Waals surface area contributed by atoms with E-state index in [4.69, 9.17) is 4.74 Å². The van der Waals surface area contributed by atoms with Gasteiger partial charge in [0.05, 0.1) is 19.5 Å². The van der Waals surface area contributed by atoms with Gasteiger partial charge in [-0.1, -0.05) is 13.3 Å². The van der Waals surface area contributed by atoms with Gasteiger partial charge in [-0.15, -0.1) is 0 Å². The minimum absolute atomic E-state index is 0.305. The van der Waals surface area contributed by atoms with E-state index in [0.29, 0.717) is 24.3 Å². The Balaban J connectivity index is 1.48. The SMILES string of the molecule is CC[C@H]1CN(C(=O)CCCn2ccnc2)C[C@@H]1N1CCOCC1. The van der Waals surface area contributed by atoms with Gasteiger partial charge in [-0.2, -0.15) is 0 Å². The Morgan fingerprint density at radius 2 is 2.13 bits per heavy atom. The number of carbonyl (C=O) groups excluding carboxylic acids is 1. The predicted molar refractivity (Wildman–Crippen MR) is 88.0 cm³/mol. The van der Waals surface area contributed by atoms with Crippen molar-refractivity contribution in [3.63, 3.8) is 0 Å². The van der Waals surface area contributed by atoms with Crippen molar-refractivity contribution >= 4 is 5.91 Å². The molecule has 3 rings (SSSR count). The Labute approximate surface area is 138 Å². The van der Waals surface area contributed by atoms with Crippen LogP contribution in [0, 0.1) is 5.92 Å². The van der Waals surface area contributed by atoms with Gasteiger partial charge in [0.25, 0.3) is 0 Å². The van der Waals surface area contributed by atoms with Crippen LogP contribution in [0.4, 0.5) is 0 Å². The molecule has 128 valence electrons. The van der Waals surface area contributed by atoms with Crippen molar-refractivity contribution in [3.8, 4) is 0 Å². The summed E-state index contributed by atoms with van der Waals surface area (Å²) in [6, 6.07) is 0.515. The molecule has 2 aliphatic rings. The lowest BCUT2D eigenvalue weighted by atomic mass is 9.99. The van der Waals surface area contributed by atoms with E-state index in [1.807, 2.05) is 17.1 Å². The fourth-order valence-corrected chi connectivity index (χ4v) is 3.77. The lowest BCUT2D eigenvalue weighted by molar-refractivity contribution is -0.130. The number of aryl methyl sites for hydroxylation is 1. The summed E-state index contributed by atoms with van der Waals surface area (Å²) in [6.07, 6.45) is 8.18. The average molecular weight is 320 g/mol. The Bertz CT molecular complexity index is 485. The van der Waals surface area contributed by atoms with Gasteiger partial charge in [-0.05, 0) is 12.3 Å². The Kier molecular flexibility index (Phi) is 5.67. The molecule has 2 aliphatic heterocycles. The van der Waals surface area contributed by atoms with Gasteiger partial charge in [0.1, 0.15) is 0 Å². The van der Waals surface area contributed by atoms with Crippen LogP contribution in [-0.2, 0) is 16.1 Å². The third-order valence-electron chi connectivity index (χ3n) is 5.16. The highest BCUT2D eigenvalue weighted by molar-refractivity contribution is 5.76. The van der Waals surface area contributed by atoms with Gasteiger partial charge in [0, 0.05) is 57.6 Å². The van der Waals surface area contributed by atoms with Crippen LogP contribution in [0.2, 0.25) is 0 Å². The Morgan fingerprint density at radius 1 is 1.30 bits per heavy atom. The second kappa shape index (κ2) is 7.93. The topological polar surface area (TPSA) is 50.6 Å². The monoisotopic (exact) mass is 320 g/mol. The number of morpholine rings is 1. The number of likely N-dealkylation sites (tertiary alicyclic amines) is 1. The van der Waals surface area contributed by atoms with E-state index in [0.717, 1.165) is 58.8 Å². The van der Waals surface area contributed by atoms with E-state index in [2.05, 4.69) is 21.7 Å². The fourth-order valence-electron chi connectivity index (χ4n) is 3.77. The minimum Gasteiger partial charge on any atom is -0.379 e. The molecule has 0 saturated carbocycles. The van der Waals surface area contributed by atoms with Crippen molar-refractivity contribution in [2.75, 3.05) is 39.4 Å². The first kappa shape index (κ1) is 16.5. The van der Waals surface area contributed by atoms with Crippen molar-refractivity contribution in [2.45, 2.75) is 38.8 Å². The van der Waals surface area contributed by atoms with Gasteiger partial charge in [0.15, 0.2) is 0 Å². The molecule has 0 N–H and O–H groups in total. The zero-order valence-electron chi connectivity index (χ0n) is 14.1. The molecule has 0 spiro atoms. The van der Waals surface area contributed by atoms with Gasteiger partial charge in [-0.25, -0.2) is 4.98 Å². The quantitative estimate of drug-likeness (QED) is 0.791. The smallest absolute Gasteiger partial charge is 0.222 e. The molecule has 0 unspecified atom stereocenters. The molecule has 0 bridgehead atoms. The molecule has 0 aromatic carbocycles. The highest BCUT2D eigenvalue weighted by atomic mass is 16.5. The molecule has 2 atom stereocenters. The van der Waals surface area contributed by atoms with Crippen LogP contribution in [0.15, 0.2) is 18.7 Å². The second-order valence-corrected chi connectivity index (χ2v) is 6.59. The molecule has 23 heavy (non-hydrogen) atoms. The number of hydrogen-bond acceptors (Lipinski definition) is 4. The first-order chi connectivity index (χ1) is 11.3. The lowest BCUT2D eigenvalue weighted by Crippen LogP contribution is -2.47. The van der Waals surface area contributed by atoms with E-state index in [9.17, 15) is 4.79 Å². The number of rotatable bonds is 6. The molecule has 1 aromatic heterocycles. The van der Waals surface area contributed by atoms with Crippen LogP contribution in [0.5, 0.6) is 0 Å². The molecule has 0 radical (unpaired) electrons. The van der Waals surface area contributed by atoms with Crippen LogP contribution >= 0.6 is 0 Å². The molecule has 2 fully saturated rings. The molecule has 2 saturated heterocycles. The zero-order valence-corrected chi connectivity index (χ0v) is 14.1. The molecule has 1 aromatic rings. The van der Waals surface area contributed by atoms with Gasteiger partial charge >= 0.3 is 0 Å². The number of hydrogen-bond donors (Lipinski definition) is 0. The number of amides is 1. The second-order valence-electron chi connectivity index (χ2n) is 6.59. The number of carbonyl (C=O) groups is 1. The minimum atomic E-state index is 0.305. The molecule has 6 nitrogen and oxygen atoms in total. The lowest BCUT2D eigenvalue weighted by Gasteiger charge is -2.34. The predicted octanol–water partition coefficient (Wildman–Crippen LogP) is 1.23. The first-order valence-electron chi connectivity index (χ1n) is 8.83. The highest BCUT2D eigenvalue weighted by Crippen LogP contribution is 2.26. The summed E-state index contributed by atoms with van der Waals surface area (Å²) >= 11 is 0. The maximum atomic E-state index is 12.5. The van der Waals surface area contributed by atoms with Crippen LogP contribution in [-0.4, -0.2) is 70.7 Å². The summed E-state index contributed by atoms with van der Waals surface area (Å²) in [6.45, 7) is 8.57. The summed E-state index contributed by atoms with van der Waals surface area (Å²) in [5.74, 6) is 0.907. The molecule has 3 heterocycles. The van der Waals surface area contributed by atoms with Crippen molar-refractivity contribution in [2.24, 2.45) is 5.92 Å². The van der Waals surface area contributed by atoms with Gasteiger partial charge < -0.3 is 14.2 Å². The van der Waals surface area contributed by atoms with Crippen molar-refractivity contribution in [1.82, 2.24) is 19.4 Å². The highest BCUT2D eigenvalue weighted by Gasteiger charge is 2.37. The Morgan fingerprint density at radius 3 is 2.83 bits per heavy atom. The summed E-state index contributed by atoms with van der Waals surface area (Å²) < 4.78 is 7.49. The third-order valence-corrected chi connectivity index (χ3v) is 5.16. The Hall–Kier alpha value is -1.40. The number of ether oxygens (including phenoxy) is 1. The number of nitrogens with zero attached hydrogens (tertiary/aromatic N) is 4. The van der Waals surface area contributed by atoms with Crippen LogP contribution in [0.25, 0.3) is 0 Å². The van der Waals surface area contributed by atoms with E-state index >= 15 is 0 Å². The maximum absolute atomic E-state index is 12.5. The average Bonchev–Trinajstić information content (AvgIpc) is 3.25. The molecule has 6 heteroatoms. The van der Waals surface area contributed by atoms with Gasteiger partial charge in [0.2, 0.25) is 5.91 Å². The maximum Gasteiger partial charge on any atom is 0.222 e. The van der Waals surface area contributed by atoms with Crippen LogP contribution in [0.1, 0.15) is 26.2 Å². The summed E-state index contributed by atoms with van der Waals surface area (Å²) in [4.78, 5) is 21.2. The van der Waals surface area contributed by atoms with E-state index in [-0.39, 0.29) is 0 Å². The number of imidazole rings is 1. The van der Waals surface area contributed by atoms with Crippen LogP contribution in [0.3, 0.4) is 0 Å². The van der Waals surface area contributed by atoms with Crippen molar-refractivity contribution in [3.05, 3.63) is 18.7 Å². The normalized spacial score (nSPS) is 25.9. The molecule has 1 amide bonds.